The molecule has 0 spiro atoms. The van der Waals surface area contributed by atoms with Gasteiger partial charge < -0.3 is 21.4 Å². The Morgan fingerprint density at radius 2 is 1.96 bits per heavy atom. The second-order valence-corrected chi connectivity index (χ2v) is 12.3. The van der Waals surface area contributed by atoms with Crippen LogP contribution in [-0.2, 0) is 6.42 Å². The third kappa shape index (κ3) is 7.41. The Morgan fingerprint density at radius 3 is 2.73 bits per heavy atom. The maximum atomic E-state index is 15.1. The predicted molar refractivity (Wildman–Crippen MR) is 177 cm³/mol. The van der Waals surface area contributed by atoms with E-state index in [1.807, 2.05) is 19.1 Å². The van der Waals surface area contributed by atoms with Crippen LogP contribution in [0.4, 0.5) is 10.3 Å². The molecule has 0 radical (unpaired) electrons. The minimum atomic E-state index is -0.509. The number of fused-ring (bicyclic) bond motifs is 1. The summed E-state index contributed by atoms with van der Waals surface area (Å²) in [6.07, 6.45) is 12.0. The Kier molecular flexibility index (Phi) is 9.53. The molecule has 11 heteroatoms. The first-order valence-electron chi connectivity index (χ1n) is 15.6. The second kappa shape index (κ2) is 13.9. The molecule has 45 heavy (non-hydrogen) atoms. The molecule has 0 bridgehead atoms. The molecule has 1 saturated heterocycles. The minimum Gasteiger partial charge on any atom is -0.354 e. The van der Waals surface area contributed by atoms with E-state index in [0.717, 1.165) is 57.1 Å². The lowest BCUT2D eigenvalue weighted by atomic mass is 9.92. The number of hydrogen-bond acceptors (Lipinski definition) is 7. The molecule has 0 amide bonds. The van der Waals surface area contributed by atoms with Gasteiger partial charge in [0.25, 0.3) is 0 Å². The van der Waals surface area contributed by atoms with Gasteiger partial charge in [0, 0.05) is 54.2 Å². The number of hydrogen-bond donors (Lipinski definition) is 4. The molecule has 1 fully saturated rings. The lowest BCUT2D eigenvalue weighted by Gasteiger charge is -2.31. The Morgan fingerprint density at radius 1 is 1.16 bits per heavy atom. The molecule has 9 nitrogen and oxygen atoms in total. The molecule has 3 atom stereocenters. The predicted octanol–water partition coefficient (Wildman–Crippen LogP) is 6.32. The average Bonchev–Trinajstić information content (AvgIpc) is 3.45. The summed E-state index contributed by atoms with van der Waals surface area (Å²) < 4.78 is 16.7. The Balaban J connectivity index is 1.16. The highest BCUT2D eigenvalue weighted by atomic mass is 35.5. The molecular weight excluding hydrogens is 591 g/mol. The zero-order valence-corrected chi connectivity index (χ0v) is 26.0. The largest absolute Gasteiger partial charge is 0.354 e. The summed E-state index contributed by atoms with van der Waals surface area (Å²) in [5, 5.41) is 7.83. The van der Waals surface area contributed by atoms with E-state index >= 15 is 4.39 Å². The van der Waals surface area contributed by atoms with E-state index in [-0.39, 0.29) is 17.1 Å². The van der Waals surface area contributed by atoms with Gasteiger partial charge in [-0.2, -0.15) is 4.98 Å². The molecule has 1 aliphatic rings. The van der Waals surface area contributed by atoms with Crippen molar-refractivity contribution in [3.63, 3.8) is 0 Å². The summed E-state index contributed by atoms with van der Waals surface area (Å²) in [6, 6.07) is 15.8. The number of nitrogens with one attached hydrogen (secondary N) is 3. The van der Waals surface area contributed by atoms with Gasteiger partial charge in [0.15, 0.2) is 5.82 Å². The van der Waals surface area contributed by atoms with Crippen molar-refractivity contribution >= 4 is 28.6 Å². The van der Waals surface area contributed by atoms with Crippen LogP contribution in [0.15, 0.2) is 71.9 Å². The molecule has 0 unspecified atom stereocenters. The normalized spacial score (nSPS) is 17.4. The van der Waals surface area contributed by atoms with Crippen LogP contribution in [0.5, 0.6) is 0 Å². The van der Waals surface area contributed by atoms with Crippen LogP contribution in [0.2, 0.25) is 5.02 Å². The summed E-state index contributed by atoms with van der Waals surface area (Å²) in [5.41, 5.74) is 9.55. The number of benzene rings is 2. The number of H-pyrrole nitrogens is 1. The number of aryl methyl sites for hydroxylation is 1. The van der Waals surface area contributed by atoms with Crippen molar-refractivity contribution < 1.29 is 4.39 Å². The molecule has 5 aromatic rings. The van der Waals surface area contributed by atoms with Crippen molar-refractivity contribution in [2.75, 3.05) is 11.9 Å². The van der Waals surface area contributed by atoms with Gasteiger partial charge in [-0.15, -0.1) is 0 Å². The van der Waals surface area contributed by atoms with E-state index in [1.165, 1.54) is 10.1 Å². The third-order valence-corrected chi connectivity index (χ3v) is 8.68. The van der Waals surface area contributed by atoms with E-state index in [0.29, 0.717) is 40.0 Å². The topological polar surface area (TPSA) is 127 Å². The fraction of sp³-hybridized carbons (Fsp3) is 0.353. The van der Waals surface area contributed by atoms with Crippen molar-refractivity contribution in [3.8, 4) is 16.9 Å². The highest BCUT2D eigenvalue weighted by Gasteiger charge is 2.22. The summed E-state index contributed by atoms with van der Waals surface area (Å²) in [5.74, 6) is 0.138. The molecule has 234 valence electrons. The molecule has 5 N–H and O–H groups in total. The standard InChI is InChI=1S/C34H38ClFN8O/c1-21(37)5-2-6-22-17-27(31(36)28(35)18-22)30-19-24-20-44(34(45)43-32(24)42-30)26-11-9-23(10-12-26)29-8-3-7-25(41-29)13-16-40-33-38-14-4-15-39-33/h4,9-12,14-15,17-21,25,29,41H,2-3,5-8,13,16,37H2,1H3,(H,38,39,40)(H,42,43,45)/t21-,25-,29-/m0/s1. The second-order valence-electron chi connectivity index (χ2n) is 11.9. The quantitative estimate of drug-likeness (QED) is 0.135. The van der Waals surface area contributed by atoms with E-state index in [4.69, 9.17) is 17.3 Å². The van der Waals surface area contributed by atoms with Crippen molar-refractivity contribution in [2.24, 2.45) is 5.73 Å². The Hall–Kier alpha value is -4.12. The van der Waals surface area contributed by atoms with E-state index in [2.05, 4.69) is 42.7 Å². The van der Waals surface area contributed by atoms with Crippen LogP contribution < -0.4 is 22.1 Å². The van der Waals surface area contributed by atoms with Crippen LogP contribution >= 0.6 is 11.6 Å². The number of aromatic amines is 1. The van der Waals surface area contributed by atoms with Crippen LogP contribution in [0, 0.1) is 5.82 Å². The zero-order chi connectivity index (χ0) is 31.3. The summed E-state index contributed by atoms with van der Waals surface area (Å²) >= 11 is 6.27. The number of piperidine rings is 1. The summed E-state index contributed by atoms with van der Waals surface area (Å²) in [4.78, 5) is 28.9. The minimum absolute atomic E-state index is 0.0619. The van der Waals surface area contributed by atoms with Gasteiger partial charge in [-0.1, -0.05) is 30.2 Å². The zero-order valence-electron chi connectivity index (χ0n) is 25.3. The number of aromatic nitrogens is 5. The number of halogens is 2. The SMILES string of the molecule is C[C@H](N)CCCc1cc(Cl)c(F)c(-c2cc3cn(-c4ccc([C@@H]5CCC[C@@H](CCNc6ncccn6)N5)cc4)c(=O)nc3[nH]2)c1. The smallest absolute Gasteiger partial charge is 0.354 e. The van der Waals surface area contributed by atoms with Crippen LogP contribution in [-0.4, -0.2) is 43.1 Å². The van der Waals surface area contributed by atoms with Gasteiger partial charge in [0.05, 0.1) is 16.4 Å². The number of anilines is 1. The summed E-state index contributed by atoms with van der Waals surface area (Å²) in [7, 11) is 0. The molecule has 0 saturated carbocycles. The van der Waals surface area contributed by atoms with Crippen LogP contribution in [0.25, 0.3) is 28.0 Å². The molecule has 6 rings (SSSR count). The molecule has 1 aliphatic heterocycles. The molecule has 0 aliphatic carbocycles. The summed E-state index contributed by atoms with van der Waals surface area (Å²) in [6.45, 7) is 2.77. The molecular formula is C34H38ClFN8O. The molecule has 3 aromatic heterocycles. The van der Waals surface area contributed by atoms with Crippen LogP contribution in [0.3, 0.4) is 0 Å². The van der Waals surface area contributed by atoms with Crippen molar-refractivity contribution in [1.82, 2.24) is 29.8 Å². The van der Waals surface area contributed by atoms with Gasteiger partial charge in [-0.05, 0) is 93.0 Å². The van der Waals surface area contributed by atoms with Gasteiger partial charge in [-0.3, -0.25) is 4.57 Å². The Bertz CT molecular complexity index is 1810. The number of nitrogens with zero attached hydrogens (tertiary/aromatic N) is 4. The molecule has 4 heterocycles. The van der Waals surface area contributed by atoms with E-state index in [9.17, 15) is 4.79 Å². The maximum Gasteiger partial charge on any atom is 0.354 e. The van der Waals surface area contributed by atoms with Crippen LogP contribution in [0.1, 0.15) is 62.6 Å². The fourth-order valence-corrected chi connectivity index (χ4v) is 6.31. The van der Waals surface area contributed by atoms with Crippen molar-refractivity contribution in [1.29, 1.82) is 0 Å². The van der Waals surface area contributed by atoms with E-state index in [1.54, 1.807) is 42.9 Å². The van der Waals surface area contributed by atoms with Gasteiger partial charge in [-0.25, -0.2) is 19.2 Å². The average molecular weight is 629 g/mol. The van der Waals surface area contributed by atoms with Gasteiger partial charge in [0.2, 0.25) is 5.95 Å². The number of rotatable bonds is 11. The highest BCUT2D eigenvalue weighted by Crippen LogP contribution is 2.32. The Labute approximate surface area is 266 Å². The monoisotopic (exact) mass is 628 g/mol. The van der Waals surface area contributed by atoms with Gasteiger partial charge in [0.1, 0.15) is 5.65 Å². The van der Waals surface area contributed by atoms with Gasteiger partial charge >= 0.3 is 5.69 Å². The third-order valence-electron chi connectivity index (χ3n) is 8.41. The first kappa shape index (κ1) is 30.9. The lowest BCUT2D eigenvalue weighted by Crippen LogP contribution is -2.38. The van der Waals surface area contributed by atoms with Crippen molar-refractivity contribution in [3.05, 3.63) is 99.6 Å². The van der Waals surface area contributed by atoms with E-state index < -0.39 is 11.5 Å². The fourth-order valence-electron chi connectivity index (χ4n) is 6.06. The first-order valence-corrected chi connectivity index (χ1v) is 16.0. The highest BCUT2D eigenvalue weighted by molar-refractivity contribution is 6.31. The number of nitrogens with two attached hydrogens (primary N) is 1. The first-order chi connectivity index (χ1) is 21.8. The maximum absolute atomic E-state index is 15.1. The van der Waals surface area contributed by atoms with Crippen molar-refractivity contribution in [2.45, 2.75) is 70.0 Å². The lowest BCUT2D eigenvalue weighted by molar-refractivity contribution is 0.316. The molecule has 2 aromatic carbocycles.